The third kappa shape index (κ3) is 4.22. The highest BCUT2D eigenvalue weighted by Gasteiger charge is 2.37. The molecule has 3 N–H and O–H groups in total. The molecule has 1 atom stereocenters. The van der Waals surface area contributed by atoms with Crippen molar-refractivity contribution in [3.05, 3.63) is 0 Å². The molecule has 0 amide bonds. The lowest BCUT2D eigenvalue weighted by atomic mass is 10.2. The quantitative estimate of drug-likeness (QED) is 0.681. The predicted octanol–water partition coefficient (Wildman–Crippen LogP) is 1.33. The minimum atomic E-state index is -1.70. The fraction of sp³-hybridized carbons (Fsp3) is 1.00. The largest absolute Gasteiger partial charge is 0.414 e. The van der Waals surface area contributed by atoms with Crippen LogP contribution in [0.5, 0.6) is 0 Å². The molecule has 0 radical (unpaired) electrons. The zero-order chi connectivity index (χ0) is 10.7. The van der Waals surface area contributed by atoms with Crippen LogP contribution in [-0.2, 0) is 4.43 Å². The number of hydrogen-bond acceptors (Lipinski definition) is 3. The molecule has 0 aliphatic carbocycles. The van der Waals surface area contributed by atoms with E-state index in [4.69, 9.17) is 10.2 Å². The maximum Gasteiger partial charge on any atom is 0.192 e. The molecule has 0 aliphatic rings. The predicted molar refractivity (Wildman–Crippen MR) is 58.2 cm³/mol. The van der Waals surface area contributed by atoms with E-state index in [9.17, 15) is 5.11 Å². The van der Waals surface area contributed by atoms with E-state index in [-0.39, 0.29) is 11.6 Å². The molecule has 4 heteroatoms. The Labute approximate surface area is 82.4 Å². The zero-order valence-electron chi connectivity index (χ0n) is 9.42. The van der Waals surface area contributed by atoms with E-state index in [2.05, 4.69) is 33.9 Å². The van der Waals surface area contributed by atoms with Crippen molar-refractivity contribution in [2.45, 2.75) is 45.0 Å². The average molecular weight is 205 g/mol. The van der Waals surface area contributed by atoms with Gasteiger partial charge in [-0.25, -0.2) is 0 Å². The van der Waals surface area contributed by atoms with Crippen molar-refractivity contribution in [2.24, 2.45) is 5.73 Å². The van der Waals surface area contributed by atoms with Crippen molar-refractivity contribution in [3.63, 3.8) is 0 Å². The van der Waals surface area contributed by atoms with Crippen LogP contribution in [0.1, 0.15) is 20.8 Å². The molecule has 80 valence electrons. The molecule has 0 aromatic rings. The van der Waals surface area contributed by atoms with E-state index >= 15 is 0 Å². The smallest absolute Gasteiger partial charge is 0.192 e. The van der Waals surface area contributed by atoms with Gasteiger partial charge in [-0.15, -0.1) is 0 Å². The van der Waals surface area contributed by atoms with Gasteiger partial charge >= 0.3 is 0 Å². The van der Waals surface area contributed by atoms with Crippen molar-refractivity contribution in [2.75, 3.05) is 13.2 Å². The summed E-state index contributed by atoms with van der Waals surface area (Å²) in [6, 6.07) is 0. The molecule has 0 saturated heterocycles. The first-order valence-corrected chi connectivity index (χ1v) is 7.63. The van der Waals surface area contributed by atoms with Gasteiger partial charge in [0.05, 0.1) is 12.7 Å². The van der Waals surface area contributed by atoms with E-state index in [1.807, 2.05) is 0 Å². The van der Waals surface area contributed by atoms with Gasteiger partial charge in [0.2, 0.25) is 0 Å². The molecule has 0 fully saturated rings. The van der Waals surface area contributed by atoms with E-state index < -0.39 is 14.4 Å². The van der Waals surface area contributed by atoms with Crippen LogP contribution in [0.25, 0.3) is 0 Å². The molecule has 0 heterocycles. The van der Waals surface area contributed by atoms with E-state index in [0.717, 1.165) is 0 Å². The number of aliphatic hydroxyl groups excluding tert-OH is 1. The molecule has 0 aromatic heterocycles. The number of hydrogen-bond donors (Lipinski definition) is 2. The van der Waals surface area contributed by atoms with Gasteiger partial charge < -0.3 is 15.3 Å². The van der Waals surface area contributed by atoms with Gasteiger partial charge in [0.1, 0.15) is 0 Å². The van der Waals surface area contributed by atoms with Crippen LogP contribution in [0.2, 0.25) is 18.1 Å². The molecule has 0 saturated carbocycles. The molecule has 0 rings (SSSR count). The number of nitrogens with two attached hydrogens (primary N) is 1. The van der Waals surface area contributed by atoms with E-state index in [0.29, 0.717) is 6.61 Å². The minimum absolute atomic E-state index is 0.196. The highest BCUT2D eigenvalue weighted by atomic mass is 28.4. The van der Waals surface area contributed by atoms with E-state index in [1.165, 1.54) is 0 Å². The first-order valence-electron chi connectivity index (χ1n) is 4.73. The fourth-order valence-corrected chi connectivity index (χ4v) is 1.63. The normalized spacial score (nSPS) is 15.9. The Kier molecular flexibility index (Phi) is 4.58. The lowest BCUT2D eigenvalue weighted by molar-refractivity contribution is 0.106. The Morgan fingerprint density at radius 2 is 1.85 bits per heavy atom. The summed E-state index contributed by atoms with van der Waals surface area (Å²) in [4.78, 5) is 0. The van der Waals surface area contributed by atoms with Crippen molar-refractivity contribution >= 4 is 8.32 Å². The summed E-state index contributed by atoms with van der Waals surface area (Å²) in [7, 11) is -1.70. The van der Waals surface area contributed by atoms with Gasteiger partial charge in [-0.3, -0.25) is 0 Å². The summed E-state index contributed by atoms with van der Waals surface area (Å²) in [5.41, 5.74) is 5.30. The summed E-state index contributed by atoms with van der Waals surface area (Å²) in [5, 5.41) is 9.45. The number of aliphatic hydroxyl groups is 1. The Balaban J connectivity index is 4.04. The van der Waals surface area contributed by atoms with Gasteiger partial charge in [0.15, 0.2) is 8.32 Å². The molecular formula is C9H23NO2Si. The lowest BCUT2D eigenvalue weighted by Gasteiger charge is -2.36. The lowest BCUT2D eigenvalue weighted by Crippen LogP contribution is -2.43. The van der Waals surface area contributed by atoms with Crippen molar-refractivity contribution in [1.29, 1.82) is 0 Å². The highest BCUT2D eigenvalue weighted by molar-refractivity contribution is 6.74. The monoisotopic (exact) mass is 205 g/mol. The topological polar surface area (TPSA) is 55.5 Å². The standard InChI is InChI=1S/C9H23NO2Si/c1-9(2,3)13(4,5)12-7-8(11)6-10/h8,11H,6-7,10H2,1-5H3. The second-order valence-electron chi connectivity index (χ2n) is 4.96. The Bertz CT molecular complexity index is 154. The van der Waals surface area contributed by atoms with Crippen LogP contribution in [0.4, 0.5) is 0 Å². The van der Waals surface area contributed by atoms with Crippen LogP contribution in [0.3, 0.4) is 0 Å². The molecule has 1 unspecified atom stereocenters. The van der Waals surface area contributed by atoms with Crippen molar-refractivity contribution < 1.29 is 9.53 Å². The summed E-state index contributed by atoms with van der Waals surface area (Å²) in [6.07, 6.45) is -0.519. The Hall–Kier alpha value is 0.0969. The van der Waals surface area contributed by atoms with E-state index in [1.54, 1.807) is 0 Å². The van der Waals surface area contributed by atoms with Crippen LogP contribution in [-0.4, -0.2) is 32.7 Å². The summed E-state index contributed by atoms with van der Waals surface area (Å²) < 4.78 is 5.76. The summed E-state index contributed by atoms with van der Waals surface area (Å²) in [6.45, 7) is 11.5. The Morgan fingerprint density at radius 3 is 2.15 bits per heavy atom. The van der Waals surface area contributed by atoms with Gasteiger partial charge in [-0.1, -0.05) is 20.8 Å². The van der Waals surface area contributed by atoms with Gasteiger partial charge in [0, 0.05) is 6.54 Å². The van der Waals surface area contributed by atoms with Crippen LogP contribution in [0.15, 0.2) is 0 Å². The van der Waals surface area contributed by atoms with Gasteiger partial charge in [0.25, 0.3) is 0 Å². The average Bonchev–Trinajstić information content (AvgIpc) is 1.98. The van der Waals surface area contributed by atoms with Crippen LogP contribution < -0.4 is 5.73 Å². The minimum Gasteiger partial charge on any atom is -0.414 e. The molecular weight excluding hydrogens is 182 g/mol. The second kappa shape index (κ2) is 4.55. The summed E-state index contributed by atoms with van der Waals surface area (Å²) >= 11 is 0. The fourth-order valence-electron chi connectivity index (χ4n) is 0.589. The second-order valence-corrected chi connectivity index (χ2v) is 9.77. The third-order valence-corrected chi connectivity index (χ3v) is 7.22. The summed E-state index contributed by atoms with van der Waals surface area (Å²) in [5.74, 6) is 0. The highest BCUT2D eigenvalue weighted by Crippen LogP contribution is 2.36. The Morgan fingerprint density at radius 1 is 1.38 bits per heavy atom. The number of rotatable bonds is 4. The van der Waals surface area contributed by atoms with Gasteiger partial charge in [-0.2, -0.15) is 0 Å². The SMILES string of the molecule is CC(C)(C)[Si](C)(C)OCC(O)CN. The van der Waals surface area contributed by atoms with Gasteiger partial charge in [-0.05, 0) is 18.1 Å². The van der Waals surface area contributed by atoms with Crippen LogP contribution in [0, 0.1) is 0 Å². The van der Waals surface area contributed by atoms with Crippen LogP contribution >= 0.6 is 0 Å². The molecule has 0 bridgehead atoms. The maximum atomic E-state index is 9.26. The third-order valence-electron chi connectivity index (χ3n) is 2.71. The first kappa shape index (κ1) is 13.1. The molecule has 0 spiro atoms. The molecule has 0 aliphatic heterocycles. The molecule has 13 heavy (non-hydrogen) atoms. The molecule has 0 aromatic carbocycles. The van der Waals surface area contributed by atoms with Crippen molar-refractivity contribution in [3.8, 4) is 0 Å². The van der Waals surface area contributed by atoms with Crippen molar-refractivity contribution in [1.82, 2.24) is 0 Å². The maximum absolute atomic E-state index is 9.26. The zero-order valence-corrected chi connectivity index (χ0v) is 10.4. The first-order chi connectivity index (χ1) is 5.70. The molecule has 3 nitrogen and oxygen atoms in total.